The van der Waals surface area contributed by atoms with Gasteiger partial charge in [0, 0.05) is 19.5 Å². The zero-order valence-electron chi connectivity index (χ0n) is 17.9. The van der Waals surface area contributed by atoms with Crippen LogP contribution in [0, 0.1) is 6.92 Å². The number of sulfonamides is 1. The summed E-state index contributed by atoms with van der Waals surface area (Å²) >= 11 is 0. The minimum absolute atomic E-state index is 0.00689. The number of aryl methyl sites for hydroxylation is 2. The Morgan fingerprint density at radius 1 is 1.00 bits per heavy atom. The molecule has 1 atom stereocenters. The van der Waals surface area contributed by atoms with Crippen LogP contribution in [0.1, 0.15) is 61.8 Å². The predicted octanol–water partition coefficient (Wildman–Crippen LogP) is 4.37. The molecule has 1 unspecified atom stereocenters. The number of piperidine rings is 1. The Balaban J connectivity index is 1.55. The summed E-state index contributed by atoms with van der Waals surface area (Å²) in [6.07, 6.45) is 4.73. The summed E-state index contributed by atoms with van der Waals surface area (Å²) in [6.45, 7) is 5.31. The minimum atomic E-state index is -3.41. The molecule has 30 heavy (non-hydrogen) atoms. The third kappa shape index (κ3) is 5.70. The maximum atomic E-state index is 12.7. The van der Waals surface area contributed by atoms with E-state index in [0.717, 1.165) is 36.8 Å². The Morgan fingerprint density at radius 2 is 1.63 bits per heavy atom. The van der Waals surface area contributed by atoms with Crippen LogP contribution in [0.15, 0.2) is 53.4 Å². The van der Waals surface area contributed by atoms with E-state index in [4.69, 9.17) is 0 Å². The first-order valence-electron chi connectivity index (χ1n) is 10.8. The third-order valence-corrected chi connectivity index (χ3v) is 7.65. The number of amides is 1. The monoisotopic (exact) mass is 428 g/mol. The van der Waals surface area contributed by atoms with E-state index in [9.17, 15) is 13.2 Å². The fourth-order valence-corrected chi connectivity index (χ4v) is 5.34. The number of nitrogens with zero attached hydrogens (tertiary/aromatic N) is 1. The van der Waals surface area contributed by atoms with Gasteiger partial charge >= 0.3 is 0 Å². The maximum absolute atomic E-state index is 12.7. The van der Waals surface area contributed by atoms with Crippen LogP contribution < -0.4 is 5.32 Å². The molecule has 0 bridgehead atoms. The topological polar surface area (TPSA) is 66.5 Å². The van der Waals surface area contributed by atoms with Crippen LogP contribution in [0.5, 0.6) is 0 Å². The molecular formula is C24H32N2O3S. The standard InChI is InChI=1S/C24H32N2O3S/c1-3-23(21-12-7-19(2)8-13-21)25-24(27)16-11-20-9-14-22(15-10-20)30(28,29)26-17-5-4-6-18-26/h7-10,12-15,23H,3-6,11,16-18H2,1-2H3,(H,25,27). The number of carbonyl (C=O) groups excluding carboxylic acids is 1. The molecule has 1 aliphatic heterocycles. The van der Waals surface area contributed by atoms with E-state index in [2.05, 4.69) is 36.5 Å². The highest BCUT2D eigenvalue weighted by atomic mass is 32.2. The van der Waals surface area contributed by atoms with Crippen molar-refractivity contribution in [2.75, 3.05) is 13.1 Å². The van der Waals surface area contributed by atoms with E-state index in [-0.39, 0.29) is 11.9 Å². The van der Waals surface area contributed by atoms with Crippen LogP contribution in [-0.4, -0.2) is 31.7 Å². The van der Waals surface area contributed by atoms with Crippen molar-refractivity contribution in [2.24, 2.45) is 0 Å². The molecule has 1 saturated heterocycles. The molecule has 0 saturated carbocycles. The van der Waals surface area contributed by atoms with Crippen LogP contribution in [0.25, 0.3) is 0 Å². The molecule has 5 nitrogen and oxygen atoms in total. The van der Waals surface area contributed by atoms with Gasteiger partial charge in [0.25, 0.3) is 0 Å². The van der Waals surface area contributed by atoms with Crippen molar-refractivity contribution < 1.29 is 13.2 Å². The SMILES string of the molecule is CCC(NC(=O)CCc1ccc(S(=O)(=O)N2CCCCC2)cc1)c1ccc(C)cc1. The van der Waals surface area contributed by atoms with Crippen molar-refractivity contribution in [3.05, 3.63) is 65.2 Å². The minimum Gasteiger partial charge on any atom is -0.349 e. The number of rotatable bonds is 8. The molecule has 1 heterocycles. The average molecular weight is 429 g/mol. The first-order chi connectivity index (χ1) is 14.4. The molecule has 0 radical (unpaired) electrons. The molecule has 162 valence electrons. The number of hydrogen-bond donors (Lipinski definition) is 1. The van der Waals surface area contributed by atoms with Gasteiger partial charge in [0.1, 0.15) is 0 Å². The fourth-order valence-electron chi connectivity index (χ4n) is 3.83. The Morgan fingerprint density at radius 3 is 2.23 bits per heavy atom. The van der Waals surface area contributed by atoms with Crippen molar-refractivity contribution in [1.29, 1.82) is 0 Å². The van der Waals surface area contributed by atoms with Crippen molar-refractivity contribution >= 4 is 15.9 Å². The van der Waals surface area contributed by atoms with Crippen LogP contribution in [0.3, 0.4) is 0 Å². The second kappa shape index (κ2) is 10.2. The van der Waals surface area contributed by atoms with Gasteiger partial charge in [0.05, 0.1) is 10.9 Å². The zero-order chi connectivity index (χ0) is 21.6. The van der Waals surface area contributed by atoms with E-state index in [0.29, 0.717) is 30.8 Å². The molecule has 0 spiro atoms. The van der Waals surface area contributed by atoms with Crippen molar-refractivity contribution in [3.63, 3.8) is 0 Å². The van der Waals surface area contributed by atoms with E-state index >= 15 is 0 Å². The van der Waals surface area contributed by atoms with Gasteiger partial charge in [-0.15, -0.1) is 0 Å². The molecular weight excluding hydrogens is 396 g/mol. The summed E-state index contributed by atoms with van der Waals surface area (Å²) in [7, 11) is -3.41. The molecule has 1 N–H and O–H groups in total. The summed E-state index contributed by atoms with van der Waals surface area (Å²) in [5.74, 6) is 0.00689. The van der Waals surface area contributed by atoms with Gasteiger partial charge in [-0.2, -0.15) is 4.31 Å². The van der Waals surface area contributed by atoms with Gasteiger partial charge in [-0.3, -0.25) is 4.79 Å². The Hall–Kier alpha value is -2.18. The van der Waals surface area contributed by atoms with E-state index in [1.54, 1.807) is 16.4 Å². The second-order valence-corrected chi connectivity index (χ2v) is 9.99. The van der Waals surface area contributed by atoms with Crippen LogP contribution in [0.2, 0.25) is 0 Å². The first kappa shape index (κ1) is 22.5. The third-order valence-electron chi connectivity index (χ3n) is 5.74. The van der Waals surface area contributed by atoms with Gasteiger partial charge in [0.15, 0.2) is 0 Å². The lowest BCUT2D eigenvalue weighted by Gasteiger charge is -2.25. The summed E-state index contributed by atoms with van der Waals surface area (Å²) in [5.41, 5.74) is 3.28. The number of benzene rings is 2. The Labute approximate surface area is 180 Å². The molecule has 0 aliphatic carbocycles. The molecule has 3 rings (SSSR count). The highest BCUT2D eigenvalue weighted by Crippen LogP contribution is 2.21. The molecule has 1 amide bonds. The molecule has 2 aromatic rings. The van der Waals surface area contributed by atoms with Crippen molar-refractivity contribution in [1.82, 2.24) is 9.62 Å². The smallest absolute Gasteiger partial charge is 0.243 e. The van der Waals surface area contributed by atoms with Gasteiger partial charge in [-0.05, 0) is 55.9 Å². The number of nitrogens with one attached hydrogen (secondary N) is 1. The average Bonchev–Trinajstić information content (AvgIpc) is 2.77. The number of hydrogen-bond acceptors (Lipinski definition) is 3. The van der Waals surface area contributed by atoms with Gasteiger partial charge < -0.3 is 5.32 Å². The van der Waals surface area contributed by atoms with E-state index in [1.807, 2.05) is 19.1 Å². The zero-order valence-corrected chi connectivity index (χ0v) is 18.7. The predicted molar refractivity (Wildman–Crippen MR) is 120 cm³/mol. The second-order valence-electron chi connectivity index (χ2n) is 8.05. The lowest BCUT2D eigenvalue weighted by atomic mass is 10.0. The Bertz CT molecular complexity index is 931. The van der Waals surface area contributed by atoms with Crippen LogP contribution in [0.4, 0.5) is 0 Å². The quantitative estimate of drug-likeness (QED) is 0.679. The van der Waals surface area contributed by atoms with Gasteiger partial charge in [-0.1, -0.05) is 55.3 Å². The highest BCUT2D eigenvalue weighted by Gasteiger charge is 2.25. The van der Waals surface area contributed by atoms with Crippen molar-refractivity contribution in [2.45, 2.75) is 63.3 Å². The summed E-state index contributed by atoms with van der Waals surface area (Å²) in [5, 5.41) is 3.11. The van der Waals surface area contributed by atoms with Crippen molar-refractivity contribution in [3.8, 4) is 0 Å². The molecule has 1 aliphatic rings. The molecule has 0 aromatic heterocycles. The molecule has 2 aromatic carbocycles. The first-order valence-corrected chi connectivity index (χ1v) is 12.3. The fraction of sp³-hybridized carbons (Fsp3) is 0.458. The lowest BCUT2D eigenvalue weighted by molar-refractivity contribution is -0.121. The lowest BCUT2D eigenvalue weighted by Crippen LogP contribution is -2.35. The van der Waals surface area contributed by atoms with Gasteiger partial charge in [0.2, 0.25) is 15.9 Å². The van der Waals surface area contributed by atoms with Crippen LogP contribution in [-0.2, 0) is 21.2 Å². The van der Waals surface area contributed by atoms with Gasteiger partial charge in [-0.25, -0.2) is 8.42 Å². The van der Waals surface area contributed by atoms with Crippen LogP contribution >= 0.6 is 0 Å². The normalized spacial score (nSPS) is 16.2. The molecule has 1 fully saturated rings. The Kier molecular flexibility index (Phi) is 7.67. The number of carbonyl (C=O) groups is 1. The largest absolute Gasteiger partial charge is 0.349 e. The summed E-state index contributed by atoms with van der Waals surface area (Å²) in [6, 6.07) is 15.2. The molecule has 6 heteroatoms. The van der Waals surface area contributed by atoms with E-state index < -0.39 is 10.0 Å². The highest BCUT2D eigenvalue weighted by molar-refractivity contribution is 7.89. The summed E-state index contributed by atoms with van der Waals surface area (Å²) < 4.78 is 27.1. The van der Waals surface area contributed by atoms with E-state index in [1.165, 1.54) is 5.56 Å². The summed E-state index contributed by atoms with van der Waals surface area (Å²) in [4.78, 5) is 12.8. The maximum Gasteiger partial charge on any atom is 0.243 e.